The Morgan fingerprint density at radius 3 is 2.56 bits per heavy atom. The Hall–Kier alpha value is -1.22. The summed E-state index contributed by atoms with van der Waals surface area (Å²) in [5.74, 6) is 0. The second-order valence-electron chi connectivity index (χ2n) is 4.92. The van der Waals surface area contributed by atoms with Gasteiger partial charge in [0.05, 0.1) is 23.6 Å². The van der Waals surface area contributed by atoms with Crippen LogP contribution in [-0.4, -0.2) is 25.3 Å². The van der Waals surface area contributed by atoms with Gasteiger partial charge in [-0.3, -0.25) is 0 Å². The molecule has 2 heterocycles. The van der Waals surface area contributed by atoms with E-state index in [-0.39, 0.29) is 0 Å². The molecule has 3 heteroatoms. The lowest BCUT2D eigenvalue weighted by atomic mass is 10.1. The number of nitrogens with zero attached hydrogens (tertiary/aromatic N) is 1. The van der Waals surface area contributed by atoms with E-state index in [2.05, 4.69) is 24.0 Å². The monoisotopic (exact) mass is 218 g/mol. The molecule has 0 spiro atoms. The van der Waals surface area contributed by atoms with Crippen molar-refractivity contribution in [3.8, 4) is 0 Å². The van der Waals surface area contributed by atoms with E-state index in [0.717, 1.165) is 18.8 Å². The number of benzene rings is 1. The zero-order valence-corrected chi connectivity index (χ0v) is 9.65. The van der Waals surface area contributed by atoms with Crippen LogP contribution in [0.4, 0.5) is 11.4 Å². The van der Waals surface area contributed by atoms with Crippen LogP contribution in [0, 0.1) is 6.92 Å². The number of nitrogen functional groups attached to an aromatic ring is 1. The highest BCUT2D eigenvalue weighted by Crippen LogP contribution is 2.32. The molecule has 2 saturated heterocycles. The highest BCUT2D eigenvalue weighted by atomic mass is 16.5. The first kappa shape index (κ1) is 9.97. The van der Waals surface area contributed by atoms with Crippen molar-refractivity contribution in [1.29, 1.82) is 0 Å². The fourth-order valence-corrected chi connectivity index (χ4v) is 2.77. The molecule has 0 amide bonds. The van der Waals surface area contributed by atoms with E-state index in [1.165, 1.54) is 24.1 Å². The Morgan fingerprint density at radius 2 is 1.94 bits per heavy atom. The minimum Gasteiger partial charge on any atom is -0.397 e. The van der Waals surface area contributed by atoms with Crippen LogP contribution < -0.4 is 10.6 Å². The summed E-state index contributed by atoms with van der Waals surface area (Å²) in [5.41, 5.74) is 9.36. The summed E-state index contributed by atoms with van der Waals surface area (Å²) in [7, 11) is 0. The van der Waals surface area contributed by atoms with E-state index < -0.39 is 0 Å². The molecule has 3 rings (SSSR count). The molecule has 0 radical (unpaired) electrons. The molecule has 2 unspecified atom stereocenters. The standard InChI is InChI=1S/C13H18N2O/c1-9-2-5-13(12(14)6-9)15-7-10-3-4-11(8-15)16-10/h2,5-6,10-11H,3-4,7-8,14H2,1H3. The third kappa shape index (κ3) is 1.65. The Morgan fingerprint density at radius 1 is 1.25 bits per heavy atom. The van der Waals surface area contributed by atoms with E-state index in [0.29, 0.717) is 12.2 Å². The van der Waals surface area contributed by atoms with Crippen LogP contribution in [0.5, 0.6) is 0 Å². The third-order valence-electron chi connectivity index (χ3n) is 3.57. The second kappa shape index (κ2) is 3.67. The van der Waals surface area contributed by atoms with Crippen LogP contribution >= 0.6 is 0 Å². The molecule has 1 aromatic carbocycles. The molecule has 1 aromatic rings. The van der Waals surface area contributed by atoms with Gasteiger partial charge in [0.25, 0.3) is 0 Å². The summed E-state index contributed by atoms with van der Waals surface area (Å²) in [5, 5.41) is 0. The van der Waals surface area contributed by atoms with Crippen molar-refractivity contribution in [2.24, 2.45) is 0 Å². The van der Waals surface area contributed by atoms with E-state index in [1.54, 1.807) is 0 Å². The van der Waals surface area contributed by atoms with Crippen molar-refractivity contribution >= 4 is 11.4 Å². The number of morpholine rings is 1. The summed E-state index contributed by atoms with van der Waals surface area (Å²) >= 11 is 0. The lowest BCUT2D eigenvalue weighted by molar-refractivity contribution is 0.0305. The first-order valence-electron chi connectivity index (χ1n) is 5.99. The van der Waals surface area contributed by atoms with Crippen LogP contribution in [0.25, 0.3) is 0 Å². The van der Waals surface area contributed by atoms with E-state index >= 15 is 0 Å². The van der Waals surface area contributed by atoms with Crippen molar-refractivity contribution in [2.75, 3.05) is 23.7 Å². The van der Waals surface area contributed by atoms with E-state index in [9.17, 15) is 0 Å². The number of ether oxygens (including phenoxy) is 1. The highest BCUT2D eigenvalue weighted by Gasteiger charge is 2.34. The summed E-state index contributed by atoms with van der Waals surface area (Å²) in [6.07, 6.45) is 3.23. The average molecular weight is 218 g/mol. The largest absolute Gasteiger partial charge is 0.397 e. The molecule has 0 aliphatic carbocycles. The Balaban J connectivity index is 1.87. The van der Waals surface area contributed by atoms with Gasteiger partial charge in [-0.25, -0.2) is 0 Å². The maximum Gasteiger partial charge on any atom is 0.0755 e. The SMILES string of the molecule is Cc1ccc(N2CC3CCC(C2)O3)c(N)c1. The fraction of sp³-hybridized carbons (Fsp3) is 0.538. The molecule has 2 aliphatic rings. The second-order valence-corrected chi connectivity index (χ2v) is 4.92. The van der Waals surface area contributed by atoms with Gasteiger partial charge in [-0.2, -0.15) is 0 Å². The number of aryl methyl sites for hydroxylation is 1. The number of hydrogen-bond acceptors (Lipinski definition) is 3. The van der Waals surface area contributed by atoms with Crippen molar-refractivity contribution in [2.45, 2.75) is 32.0 Å². The van der Waals surface area contributed by atoms with Crippen LogP contribution in [0.3, 0.4) is 0 Å². The summed E-state index contributed by atoms with van der Waals surface area (Å²) in [6.45, 7) is 4.05. The normalized spacial score (nSPS) is 28.4. The van der Waals surface area contributed by atoms with E-state index in [1.807, 2.05) is 6.07 Å². The van der Waals surface area contributed by atoms with Crippen LogP contribution in [0.2, 0.25) is 0 Å². The van der Waals surface area contributed by atoms with Gasteiger partial charge >= 0.3 is 0 Å². The third-order valence-corrected chi connectivity index (χ3v) is 3.57. The predicted octanol–water partition coefficient (Wildman–Crippen LogP) is 1.94. The smallest absolute Gasteiger partial charge is 0.0755 e. The minimum absolute atomic E-state index is 0.416. The van der Waals surface area contributed by atoms with Gasteiger partial charge in [0, 0.05) is 13.1 Å². The summed E-state index contributed by atoms with van der Waals surface area (Å²) in [4.78, 5) is 2.38. The maximum atomic E-state index is 6.08. The van der Waals surface area contributed by atoms with Crippen LogP contribution in [0.1, 0.15) is 18.4 Å². The lowest BCUT2D eigenvalue weighted by Gasteiger charge is -2.34. The minimum atomic E-state index is 0.416. The molecule has 2 aliphatic heterocycles. The average Bonchev–Trinajstić information content (AvgIpc) is 2.58. The zero-order chi connectivity index (χ0) is 11.1. The molecule has 3 nitrogen and oxygen atoms in total. The highest BCUT2D eigenvalue weighted by molar-refractivity contribution is 5.68. The van der Waals surface area contributed by atoms with Crippen LogP contribution in [0.15, 0.2) is 18.2 Å². The number of anilines is 2. The summed E-state index contributed by atoms with van der Waals surface area (Å²) in [6, 6.07) is 6.31. The van der Waals surface area contributed by atoms with Gasteiger partial charge in [-0.15, -0.1) is 0 Å². The van der Waals surface area contributed by atoms with Gasteiger partial charge in [0.1, 0.15) is 0 Å². The molecule has 2 bridgehead atoms. The molecule has 0 saturated carbocycles. The quantitative estimate of drug-likeness (QED) is 0.732. The Kier molecular flexibility index (Phi) is 2.28. The number of fused-ring (bicyclic) bond motifs is 2. The fourth-order valence-electron chi connectivity index (χ4n) is 2.77. The number of rotatable bonds is 1. The van der Waals surface area contributed by atoms with Gasteiger partial charge in [-0.05, 0) is 37.5 Å². The van der Waals surface area contributed by atoms with Crippen molar-refractivity contribution in [3.63, 3.8) is 0 Å². The van der Waals surface area contributed by atoms with Crippen molar-refractivity contribution in [3.05, 3.63) is 23.8 Å². The lowest BCUT2D eigenvalue weighted by Crippen LogP contribution is -2.42. The number of hydrogen-bond donors (Lipinski definition) is 1. The molecular weight excluding hydrogens is 200 g/mol. The number of nitrogens with two attached hydrogens (primary N) is 1. The molecule has 2 atom stereocenters. The van der Waals surface area contributed by atoms with Gasteiger partial charge in [-0.1, -0.05) is 6.07 Å². The molecule has 16 heavy (non-hydrogen) atoms. The first-order valence-corrected chi connectivity index (χ1v) is 5.99. The van der Waals surface area contributed by atoms with Gasteiger partial charge < -0.3 is 15.4 Å². The molecule has 0 aromatic heterocycles. The molecular formula is C13H18N2O. The molecule has 2 N–H and O–H groups in total. The Bertz CT molecular complexity index is 393. The first-order chi connectivity index (χ1) is 7.72. The van der Waals surface area contributed by atoms with Crippen molar-refractivity contribution < 1.29 is 4.74 Å². The summed E-state index contributed by atoms with van der Waals surface area (Å²) < 4.78 is 5.83. The molecule has 86 valence electrons. The maximum absolute atomic E-state index is 6.08. The molecule has 2 fully saturated rings. The zero-order valence-electron chi connectivity index (χ0n) is 9.65. The predicted molar refractivity (Wildman–Crippen MR) is 65.7 cm³/mol. The van der Waals surface area contributed by atoms with Crippen molar-refractivity contribution in [1.82, 2.24) is 0 Å². The topological polar surface area (TPSA) is 38.5 Å². The van der Waals surface area contributed by atoms with E-state index in [4.69, 9.17) is 10.5 Å². The Labute approximate surface area is 96.2 Å². The van der Waals surface area contributed by atoms with Crippen LogP contribution in [-0.2, 0) is 4.74 Å². The van der Waals surface area contributed by atoms with Gasteiger partial charge in [0.15, 0.2) is 0 Å². The van der Waals surface area contributed by atoms with Gasteiger partial charge in [0.2, 0.25) is 0 Å².